The number of halogens is 2. The van der Waals surface area contributed by atoms with Crippen molar-refractivity contribution in [3.8, 4) is 5.75 Å². The molecule has 5 nitrogen and oxygen atoms in total. The highest BCUT2D eigenvalue weighted by Crippen LogP contribution is 2.29. The molecular formula is C21H19ClFNO4. The molecule has 0 saturated carbocycles. The second-order valence-electron chi connectivity index (χ2n) is 6.51. The molecule has 1 aliphatic rings. The van der Waals surface area contributed by atoms with Crippen molar-refractivity contribution in [1.82, 2.24) is 4.90 Å². The van der Waals surface area contributed by atoms with Crippen molar-refractivity contribution in [2.24, 2.45) is 0 Å². The molecule has 0 saturated heterocycles. The molecule has 0 aliphatic carbocycles. The first-order chi connectivity index (χ1) is 13.3. The summed E-state index contributed by atoms with van der Waals surface area (Å²) in [4.78, 5) is 26.3. The number of benzene rings is 2. The lowest BCUT2D eigenvalue weighted by Crippen LogP contribution is -2.37. The first-order valence-electron chi connectivity index (χ1n) is 8.67. The summed E-state index contributed by atoms with van der Waals surface area (Å²) in [6.45, 7) is 1.75. The molecule has 0 spiro atoms. The maximum Gasteiger partial charge on any atom is 0.338 e. The van der Waals surface area contributed by atoms with E-state index in [1.807, 2.05) is 0 Å². The summed E-state index contributed by atoms with van der Waals surface area (Å²) in [6.07, 6.45) is 0.647. The number of hydrogen-bond donors (Lipinski definition) is 0. The Kier molecular flexibility index (Phi) is 5.99. The van der Waals surface area contributed by atoms with Crippen LogP contribution in [0.2, 0.25) is 5.02 Å². The molecule has 2 aromatic rings. The van der Waals surface area contributed by atoms with Crippen LogP contribution in [0.15, 0.2) is 48.0 Å². The standard InChI is InChI=1S/C21H19ClFNO4/c1-13(20(25)24(2)11-14-4-3-5-18(23)8-14)28-21(26)16-9-15-10-17(22)6-7-19(15)27-12-16/h3-10,13H,11-12H2,1-2H3. The number of carbonyl (C=O) groups is 2. The maximum absolute atomic E-state index is 13.3. The van der Waals surface area contributed by atoms with E-state index in [0.29, 0.717) is 27.5 Å². The third kappa shape index (κ3) is 4.70. The summed E-state index contributed by atoms with van der Waals surface area (Å²) >= 11 is 5.97. The Morgan fingerprint density at radius 3 is 2.82 bits per heavy atom. The van der Waals surface area contributed by atoms with Crippen LogP contribution >= 0.6 is 11.6 Å². The number of likely N-dealkylation sites (N-methyl/N-ethyl adjacent to an activating group) is 1. The van der Waals surface area contributed by atoms with E-state index in [-0.39, 0.29) is 19.0 Å². The fraction of sp³-hybridized carbons (Fsp3) is 0.238. The zero-order chi connectivity index (χ0) is 20.3. The van der Waals surface area contributed by atoms with Gasteiger partial charge in [-0.2, -0.15) is 0 Å². The van der Waals surface area contributed by atoms with E-state index in [9.17, 15) is 14.0 Å². The molecule has 0 N–H and O–H groups in total. The van der Waals surface area contributed by atoms with Gasteiger partial charge in [0, 0.05) is 24.2 Å². The fourth-order valence-electron chi connectivity index (χ4n) is 2.85. The van der Waals surface area contributed by atoms with Gasteiger partial charge in [-0.1, -0.05) is 23.7 Å². The van der Waals surface area contributed by atoms with Crippen LogP contribution in [-0.4, -0.2) is 36.5 Å². The normalized spacial score (nSPS) is 13.6. The average Bonchev–Trinajstić information content (AvgIpc) is 2.66. The Bertz CT molecular complexity index is 944. The lowest BCUT2D eigenvalue weighted by molar-refractivity contribution is -0.155. The predicted octanol–water partition coefficient (Wildman–Crippen LogP) is 3.85. The largest absolute Gasteiger partial charge is 0.488 e. The number of amides is 1. The number of esters is 1. The Labute approximate surface area is 167 Å². The van der Waals surface area contributed by atoms with Gasteiger partial charge in [0.2, 0.25) is 0 Å². The number of rotatable bonds is 5. The smallest absolute Gasteiger partial charge is 0.338 e. The van der Waals surface area contributed by atoms with E-state index < -0.39 is 18.0 Å². The highest BCUT2D eigenvalue weighted by molar-refractivity contribution is 6.30. The van der Waals surface area contributed by atoms with Crippen LogP contribution in [0.25, 0.3) is 6.08 Å². The van der Waals surface area contributed by atoms with Crippen LogP contribution < -0.4 is 4.74 Å². The fourth-order valence-corrected chi connectivity index (χ4v) is 3.03. The molecule has 146 valence electrons. The Balaban J connectivity index is 1.62. The molecular weight excluding hydrogens is 385 g/mol. The van der Waals surface area contributed by atoms with Crippen LogP contribution in [0, 0.1) is 5.82 Å². The monoisotopic (exact) mass is 403 g/mol. The molecule has 0 fully saturated rings. The van der Waals surface area contributed by atoms with Crippen LogP contribution in [0.3, 0.4) is 0 Å². The highest BCUT2D eigenvalue weighted by atomic mass is 35.5. The zero-order valence-corrected chi connectivity index (χ0v) is 16.2. The lowest BCUT2D eigenvalue weighted by Gasteiger charge is -2.23. The van der Waals surface area contributed by atoms with Gasteiger partial charge in [0.15, 0.2) is 6.10 Å². The first-order valence-corrected chi connectivity index (χ1v) is 9.04. The Hall–Kier alpha value is -2.86. The van der Waals surface area contributed by atoms with E-state index in [4.69, 9.17) is 21.1 Å². The third-order valence-corrected chi connectivity index (χ3v) is 4.50. The number of nitrogens with zero attached hydrogens (tertiary/aromatic N) is 1. The molecule has 2 aromatic carbocycles. The van der Waals surface area contributed by atoms with E-state index in [1.54, 1.807) is 43.5 Å². The molecule has 28 heavy (non-hydrogen) atoms. The van der Waals surface area contributed by atoms with Gasteiger partial charge in [-0.25, -0.2) is 9.18 Å². The van der Waals surface area contributed by atoms with Crippen molar-refractivity contribution in [1.29, 1.82) is 0 Å². The average molecular weight is 404 g/mol. The third-order valence-electron chi connectivity index (χ3n) is 4.26. The van der Waals surface area contributed by atoms with Crippen LogP contribution in [0.1, 0.15) is 18.1 Å². The van der Waals surface area contributed by atoms with Crippen LogP contribution in [-0.2, 0) is 20.9 Å². The summed E-state index contributed by atoms with van der Waals surface area (Å²) in [5.74, 6) is -0.772. The van der Waals surface area contributed by atoms with E-state index in [0.717, 1.165) is 0 Å². The summed E-state index contributed by atoms with van der Waals surface area (Å²) in [5, 5.41) is 0.524. The molecule has 1 unspecified atom stereocenters. The molecule has 0 aromatic heterocycles. The van der Waals surface area contributed by atoms with E-state index in [2.05, 4.69) is 0 Å². The molecule has 1 heterocycles. The van der Waals surface area contributed by atoms with E-state index >= 15 is 0 Å². The lowest BCUT2D eigenvalue weighted by atomic mass is 10.1. The summed E-state index contributed by atoms with van der Waals surface area (Å²) < 4.78 is 24.1. The predicted molar refractivity (Wildman–Crippen MR) is 103 cm³/mol. The number of fused-ring (bicyclic) bond motifs is 1. The van der Waals surface area contributed by atoms with Gasteiger partial charge >= 0.3 is 5.97 Å². The van der Waals surface area contributed by atoms with Crippen LogP contribution in [0.4, 0.5) is 4.39 Å². The first kappa shape index (κ1) is 19.9. The number of hydrogen-bond acceptors (Lipinski definition) is 4. The summed E-state index contributed by atoms with van der Waals surface area (Å²) in [5.41, 5.74) is 1.61. The van der Waals surface area contributed by atoms with Gasteiger partial charge in [0.1, 0.15) is 18.2 Å². The second-order valence-corrected chi connectivity index (χ2v) is 6.95. The topological polar surface area (TPSA) is 55.8 Å². The molecule has 7 heteroatoms. The second kappa shape index (κ2) is 8.44. The summed E-state index contributed by atoms with van der Waals surface area (Å²) in [6, 6.07) is 11.1. The van der Waals surface area contributed by atoms with Crippen molar-refractivity contribution in [3.05, 3.63) is 70.0 Å². The van der Waals surface area contributed by atoms with Crippen molar-refractivity contribution in [2.45, 2.75) is 19.6 Å². The highest BCUT2D eigenvalue weighted by Gasteiger charge is 2.25. The molecule has 3 rings (SSSR count). The van der Waals surface area contributed by atoms with Gasteiger partial charge in [-0.05, 0) is 48.9 Å². The van der Waals surface area contributed by atoms with Gasteiger partial charge in [0.25, 0.3) is 5.91 Å². The van der Waals surface area contributed by atoms with Crippen molar-refractivity contribution >= 4 is 29.6 Å². The van der Waals surface area contributed by atoms with Crippen molar-refractivity contribution in [3.63, 3.8) is 0 Å². The van der Waals surface area contributed by atoms with Crippen molar-refractivity contribution < 1.29 is 23.5 Å². The minimum Gasteiger partial charge on any atom is -0.488 e. The SMILES string of the molecule is CC(OC(=O)C1=Cc2cc(Cl)ccc2OC1)C(=O)N(C)Cc1cccc(F)c1. The summed E-state index contributed by atoms with van der Waals surface area (Å²) in [7, 11) is 1.57. The Morgan fingerprint density at radius 2 is 2.07 bits per heavy atom. The minimum absolute atomic E-state index is 0.0491. The molecule has 1 amide bonds. The molecule has 0 radical (unpaired) electrons. The van der Waals surface area contributed by atoms with E-state index in [1.165, 1.54) is 24.0 Å². The number of ether oxygens (including phenoxy) is 2. The maximum atomic E-state index is 13.3. The Morgan fingerprint density at radius 1 is 1.29 bits per heavy atom. The van der Waals surface area contributed by atoms with Gasteiger partial charge in [-0.3, -0.25) is 4.79 Å². The van der Waals surface area contributed by atoms with Crippen LogP contribution in [0.5, 0.6) is 5.75 Å². The molecule has 1 atom stereocenters. The van der Waals surface area contributed by atoms with Crippen molar-refractivity contribution in [2.75, 3.05) is 13.7 Å². The zero-order valence-electron chi connectivity index (χ0n) is 15.4. The molecule has 1 aliphatic heterocycles. The van der Waals surface area contributed by atoms with Gasteiger partial charge < -0.3 is 14.4 Å². The quantitative estimate of drug-likeness (QED) is 0.712. The molecule has 0 bridgehead atoms. The number of carbonyl (C=O) groups excluding carboxylic acids is 2. The minimum atomic E-state index is -0.993. The van der Waals surface area contributed by atoms with Gasteiger partial charge in [0.05, 0.1) is 5.57 Å². The van der Waals surface area contributed by atoms with Gasteiger partial charge in [-0.15, -0.1) is 0 Å².